The third-order valence-electron chi connectivity index (χ3n) is 4.50. The maximum Gasteiger partial charge on any atom is 0.0271 e. The van der Waals surface area contributed by atoms with E-state index < -0.39 is 0 Å². The predicted octanol–water partition coefficient (Wildman–Crippen LogP) is 2.62. The molecule has 3 aliphatic rings. The second kappa shape index (κ2) is 8.07. The molecule has 0 aliphatic carbocycles. The lowest BCUT2D eigenvalue weighted by molar-refractivity contribution is 0.589. The van der Waals surface area contributed by atoms with Crippen molar-refractivity contribution >= 4 is 54.2 Å². The molecule has 12 radical (unpaired) electrons. The van der Waals surface area contributed by atoms with Crippen molar-refractivity contribution in [3.05, 3.63) is 35.9 Å². The van der Waals surface area contributed by atoms with Gasteiger partial charge in [-0.1, -0.05) is 92.0 Å². The molecule has 110 valence electrons. The molecule has 4 rings (SSSR count). The minimum atomic E-state index is 0.666. The fourth-order valence-corrected chi connectivity index (χ4v) is 33.9. The molecule has 6 heteroatoms. The lowest BCUT2D eigenvalue weighted by Crippen LogP contribution is -2.68. The molecule has 0 amide bonds. The summed E-state index contributed by atoms with van der Waals surface area (Å²) in [6.45, 7) is 2.31. The molecule has 0 spiro atoms. The highest BCUT2D eigenvalue weighted by atomic mass is 29.3. The lowest BCUT2D eigenvalue weighted by atomic mass is 10.1. The van der Waals surface area contributed by atoms with Gasteiger partial charge in [0.25, 0.3) is 0 Å². The average Bonchev–Trinajstić information content (AvgIpc) is 2.60. The van der Waals surface area contributed by atoms with Crippen molar-refractivity contribution in [2.24, 2.45) is 0 Å². The average molecular weight is 383 g/mol. The van der Waals surface area contributed by atoms with E-state index in [2.05, 4.69) is 37.3 Å². The van der Waals surface area contributed by atoms with Crippen molar-refractivity contribution < 1.29 is 0 Å². The smallest absolute Gasteiger partial charge is 0.0271 e. The first-order valence-electron chi connectivity index (χ1n) is 8.47. The zero-order chi connectivity index (χ0) is 15.3. The number of hydrogen-bond acceptors (Lipinski definition) is 0. The van der Waals surface area contributed by atoms with E-state index in [1.54, 1.807) is 12.0 Å². The summed E-state index contributed by atoms with van der Waals surface area (Å²) in [6.07, 6.45) is 10.4. The highest BCUT2D eigenvalue weighted by molar-refractivity contribution is 7.42. The number of hydrogen-bond donors (Lipinski definition) is 0. The van der Waals surface area contributed by atoms with E-state index >= 15 is 0 Å². The Bertz CT molecular complexity index is 438. The van der Waals surface area contributed by atoms with Gasteiger partial charge in [0.2, 0.25) is 0 Å². The maximum absolute atomic E-state index is 2.42. The summed E-state index contributed by atoms with van der Waals surface area (Å²) in [5.74, 6) is 0. The molecule has 0 nitrogen and oxygen atoms in total. The highest BCUT2D eigenvalue weighted by Crippen LogP contribution is 2.41. The third kappa shape index (κ3) is 3.95. The Labute approximate surface area is 150 Å². The van der Waals surface area contributed by atoms with Crippen LogP contribution >= 0.6 is 0 Å². The Hall–Kier alpha value is 0.521. The van der Waals surface area contributed by atoms with E-state index in [9.17, 15) is 0 Å². The molecule has 1 aromatic carbocycles. The van der Waals surface area contributed by atoms with Crippen LogP contribution in [0, 0.1) is 0 Å². The van der Waals surface area contributed by atoms with Crippen molar-refractivity contribution in [2.75, 3.05) is 0 Å². The van der Waals surface area contributed by atoms with E-state index in [-0.39, 0.29) is 0 Å². The van der Waals surface area contributed by atoms with Crippen LogP contribution in [0.25, 0.3) is 0 Å². The van der Waals surface area contributed by atoms with Crippen LogP contribution in [0.15, 0.2) is 30.3 Å². The van der Waals surface area contributed by atoms with Crippen molar-refractivity contribution in [1.82, 2.24) is 0 Å². The van der Waals surface area contributed by atoms with E-state index in [0.29, 0.717) is 4.28 Å². The third-order valence-corrected chi connectivity index (χ3v) is 30.7. The first-order valence-corrected chi connectivity index (χ1v) is 17.5. The Morgan fingerprint density at radius 3 is 1.95 bits per heavy atom. The fraction of sp³-hybridized carbons (Fsp3) is 0.625. The van der Waals surface area contributed by atoms with Gasteiger partial charge >= 0.3 is 0 Å². The van der Waals surface area contributed by atoms with Crippen molar-refractivity contribution in [1.29, 1.82) is 0 Å². The van der Waals surface area contributed by atoms with Gasteiger partial charge in [-0.05, 0) is 4.28 Å². The minimum Gasteiger partial charge on any atom is -0.0654 e. The highest BCUT2D eigenvalue weighted by Gasteiger charge is 2.50. The summed E-state index contributed by atoms with van der Waals surface area (Å²) < 4.78 is 1.52. The van der Waals surface area contributed by atoms with Crippen LogP contribution < -0.4 is 0 Å². The van der Waals surface area contributed by atoms with Crippen LogP contribution in [0.5, 0.6) is 0 Å². The number of fused-ring (bicyclic) bond motifs is 3. The standard InChI is InChI=1S/C16H22Si6/c1-2-3-4-5-6-10-13-15-17-20-16(21-18-15,22-19-15)14-11-8-7-9-12-14/h7-9,11-12H,2-6,10,13H2,1H3. The van der Waals surface area contributed by atoms with Crippen LogP contribution in [0.4, 0.5) is 0 Å². The largest absolute Gasteiger partial charge is 0.0654 e. The van der Waals surface area contributed by atoms with Gasteiger partial charge in [0, 0.05) is 54.2 Å². The predicted molar refractivity (Wildman–Crippen MR) is 103 cm³/mol. The SMILES string of the molecule is CCCCCCCCC12[Si][Si]C(c3ccccc3)([Si][Si]1)[Si][Si]2. The molecule has 1 aromatic rings. The molecule has 0 N–H and O–H groups in total. The molecule has 0 atom stereocenters. The van der Waals surface area contributed by atoms with Crippen molar-refractivity contribution in [3.63, 3.8) is 0 Å². The quantitative estimate of drug-likeness (QED) is 0.479. The normalized spacial score (nSPS) is 30.6. The van der Waals surface area contributed by atoms with E-state index in [1.165, 1.54) is 92.7 Å². The van der Waals surface area contributed by atoms with Gasteiger partial charge in [0.05, 0.1) is 0 Å². The molecule has 0 unspecified atom stereocenters. The molecular formula is C16H22Si6. The molecule has 0 saturated carbocycles. The van der Waals surface area contributed by atoms with Gasteiger partial charge in [0.1, 0.15) is 0 Å². The molecule has 2 bridgehead atoms. The Morgan fingerprint density at radius 1 is 0.727 bits per heavy atom. The van der Waals surface area contributed by atoms with Crippen LogP contribution in [0.2, 0.25) is 4.28 Å². The summed E-state index contributed by atoms with van der Waals surface area (Å²) in [4.78, 5) is 0. The molecule has 3 heterocycles. The fourth-order valence-electron chi connectivity index (χ4n) is 3.05. The number of rotatable bonds is 8. The van der Waals surface area contributed by atoms with E-state index in [0.717, 1.165) is 4.28 Å². The van der Waals surface area contributed by atoms with Gasteiger partial charge in [-0.15, -0.1) is 0 Å². The van der Waals surface area contributed by atoms with Gasteiger partial charge in [-0.3, -0.25) is 0 Å². The summed E-state index contributed by atoms with van der Waals surface area (Å²) in [7, 11) is 7.58. The van der Waals surface area contributed by atoms with Gasteiger partial charge in [-0.25, -0.2) is 0 Å². The Morgan fingerprint density at radius 2 is 1.32 bits per heavy atom. The van der Waals surface area contributed by atoms with Crippen molar-refractivity contribution in [2.45, 2.75) is 60.4 Å². The number of unbranched alkanes of at least 4 members (excludes halogenated alkanes) is 5. The second-order valence-corrected chi connectivity index (χ2v) is 20.1. The molecule has 22 heavy (non-hydrogen) atoms. The van der Waals surface area contributed by atoms with E-state index in [4.69, 9.17) is 0 Å². The zero-order valence-corrected chi connectivity index (χ0v) is 19.3. The lowest BCUT2D eigenvalue weighted by Gasteiger charge is -2.52. The monoisotopic (exact) mass is 382 g/mol. The maximum atomic E-state index is 2.42. The van der Waals surface area contributed by atoms with Crippen molar-refractivity contribution in [3.8, 4) is 0 Å². The minimum absolute atomic E-state index is 0.666. The molecule has 3 fully saturated rings. The molecule has 3 saturated heterocycles. The summed E-state index contributed by atoms with van der Waals surface area (Å²) in [5, 5.41) is 0. The molecule has 0 aromatic heterocycles. The van der Waals surface area contributed by atoms with E-state index in [1.807, 2.05) is 0 Å². The van der Waals surface area contributed by atoms with Gasteiger partial charge < -0.3 is 0 Å². The number of benzene rings is 1. The summed E-state index contributed by atoms with van der Waals surface area (Å²) >= 11 is 0. The van der Waals surface area contributed by atoms with Gasteiger partial charge in [-0.2, -0.15) is 0 Å². The van der Waals surface area contributed by atoms with Crippen LogP contribution in [0.3, 0.4) is 0 Å². The summed E-state index contributed by atoms with van der Waals surface area (Å²) in [6, 6.07) is 11.5. The second-order valence-electron chi connectivity index (χ2n) is 6.29. The Kier molecular flexibility index (Phi) is 6.36. The van der Waals surface area contributed by atoms with Crippen LogP contribution in [0.1, 0.15) is 57.4 Å². The van der Waals surface area contributed by atoms with Crippen LogP contribution in [-0.4, -0.2) is 54.2 Å². The summed E-state index contributed by atoms with van der Waals surface area (Å²) in [5.41, 5.74) is 1.69. The van der Waals surface area contributed by atoms with Crippen LogP contribution in [-0.2, 0) is 4.28 Å². The molecule has 3 aliphatic heterocycles. The first kappa shape index (κ1) is 17.3. The first-order chi connectivity index (χ1) is 10.8. The molecular weight excluding hydrogens is 361 g/mol. The van der Waals surface area contributed by atoms with Gasteiger partial charge in [0.15, 0.2) is 0 Å². The Balaban J connectivity index is 1.48. The zero-order valence-electron chi connectivity index (χ0n) is 13.3. The topological polar surface area (TPSA) is 0 Å².